The van der Waals surface area contributed by atoms with Gasteiger partial charge in [-0.25, -0.2) is 8.42 Å². The number of hydrogen-bond donors (Lipinski definition) is 2. The van der Waals surface area contributed by atoms with Crippen LogP contribution in [0.5, 0.6) is 0 Å². The van der Waals surface area contributed by atoms with Crippen molar-refractivity contribution < 1.29 is 26.8 Å². The molecule has 1 aromatic carbocycles. The summed E-state index contributed by atoms with van der Waals surface area (Å²) in [6.07, 6.45) is 0.756. The van der Waals surface area contributed by atoms with Crippen LogP contribution >= 0.6 is 0 Å². The monoisotopic (exact) mass is 348 g/mol. The van der Waals surface area contributed by atoms with Gasteiger partial charge >= 0.3 is 5.76 Å². The molecule has 0 saturated carbocycles. The molecule has 0 bridgehead atoms. The molecule has 2 amide bonds. The molecular formula is C14H18F2N2O4S. The quantitative estimate of drug-likeness (QED) is 0.777. The van der Waals surface area contributed by atoms with E-state index in [4.69, 9.17) is 0 Å². The molecule has 0 heterocycles. The van der Waals surface area contributed by atoms with Crippen LogP contribution in [-0.4, -0.2) is 38.6 Å². The van der Waals surface area contributed by atoms with E-state index in [2.05, 4.69) is 10.6 Å². The highest BCUT2D eigenvalue weighted by molar-refractivity contribution is 7.91. The average molecular weight is 348 g/mol. The first-order valence-corrected chi connectivity index (χ1v) is 8.45. The molecule has 0 fully saturated rings. The lowest BCUT2D eigenvalue weighted by Crippen LogP contribution is -2.45. The molecule has 0 aromatic heterocycles. The Kier molecular flexibility index (Phi) is 6.62. The normalized spacial score (nSPS) is 12.7. The van der Waals surface area contributed by atoms with Crippen LogP contribution in [0.3, 0.4) is 0 Å². The zero-order chi connectivity index (χ0) is 17.6. The highest BCUT2D eigenvalue weighted by Crippen LogP contribution is 2.18. The molecule has 1 aromatic rings. The molecule has 0 unspecified atom stereocenters. The maximum Gasteiger partial charge on any atom is 0.341 e. The van der Waals surface area contributed by atoms with Gasteiger partial charge in [0.15, 0.2) is 0 Å². The maximum absolute atomic E-state index is 12.4. The number of carbonyl (C=O) groups excluding carboxylic acids is 2. The Labute approximate surface area is 133 Å². The van der Waals surface area contributed by atoms with E-state index in [1.807, 2.05) is 6.92 Å². The summed E-state index contributed by atoms with van der Waals surface area (Å²) in [4.78, 5) is 23.0. The summed E-state index contributed by atoms with van der Waals surface area (Å²) in [6, 6.07) is 3.30. The first-order valence-electron chi connectivity index (χ1n) is 6.90. The third kappa shape index (κ3) is 4.98. The van der Waals surface area contributed by atoms with Gasteiger partial charge in [0, 0.05) is 12.1 Å². The van der Waals surface area contributed by atoms with Crippen molar-refractivity contribution in [3.63, 3.8) is 0 Å². The molecule has 0 radical (unpaired) electrons. The molecule has 0 aliphatic carbocycles. The zero-order valence-electron chi connectivity index (χ0n) is 12.7. The van der Waals surface area contributed by atoms with Crippen molar-refractivity contribution in [3.8, 4) is 0 Å². The van der Waals surface area contributed by atoms with Crippen molar-refractivity contribution in [1.82, 2.24) is 10.6 Å². The number of halogens is 2. The summed E-state index contributed by atoms with van der Waals surface area (Å²) < 4.78 is 47.4. The second kappa shape index (κ2) is 8.00. The summed E-state index contributed by atoms with van der Waals surface area (Å²) in [6.45, 7) is 3.87. The maximum atomic E-state index is 12.4. The Morgan fingerprint density at radius 2 is 1.74 bits per heavy atom. The van der Waals surface area contributed by atoms with Gasteiger partial charge in [-0.2, -0.15) is 8.78 Å². The van der Waals surface area contributed by atoms with Crippen molar-refractivity contribution in [2.45, 2.75) is 37.0 Å². The minimum Gasteiger partial charge on any atom is -0.354 e. The standard InChI is InChI=1S/C14H18F2N2O4S/c1-3-8-17-12(19)9(2)18-13(20)10-4-6-11(7-5-10)23(21,22)14(15)16/h4-7,9,14H,3,8H2,1-2H3,(H,17,19)(H,18,20)/t9-/m0/s1. The van der Waals surface area contributed by atoms with Crippen LogP contribution in [0.1, 0.15) is 30.6 Å². The van der Waals surface area contributed by atoms with E-state index in [1.54, 1.807) is 0 Å². The van der Waals surface area contributed by atoms with Crippen LogP contribution in [-0.2, 0) is 14.6 Å². The third-order valence-electron chi connectivity index (χ3n) is 2.97. The highest BCUT2D eigenvalue weighted by atomic mass is 32.2. The van der Waals surface area contributed by atoms with E-state index >= 15 is 0 Å². The van der Waals surface area contributed by atoms with E-state index in [0.717, 1.165) is 30.7 Å². The van der Waals surface area contributed by atoms with Gasteiger partial charge in [-0.15, -0.1) is 0 Å². The SMILES string of the molecule is CCCNC(=O)[C@H](C)NC(=O)c1ccc(S(=O)(=O)C(F)F)cc1. The zero-order valence-corrected chi connectivity index (χ0v) is 13.5. The number of amides is 2. The topological polar surface area (TPSA) is 92.3 Å². The summed E-state index contributed by atoms with van der Waals surface area (Å²) >= 11 is 0. The lowest BCUT2D eigenvalue weighted by molar-refractivity contribution is -0.122. The second-order valence-electron chi connectivity index (χ2n) is 4.82. The minimum atomic E-state index is -4.70. The van der Waals surface area contributed by atoms with Gasteiger partial charge in [-0.3, -0.25) is 9.59 Å². The number of alkyl halides is 2. The molecular weight excluding hydrogens is 330 g/mol. The Morgan fingerprint density at radius 1 is 1.17 bits per heavy atom. The Morgan fingerprint density at radius 3 is 2.22 bits per heavy atom. The molecule has 0 saturated heterocycles. The number of rotatable bonds is 7. The summed E-state index contributed by atoms with van der Waals surface area (Å²) in [5, 5.41) is 5.05. The van der Waals surface area contributed by atoms with Crippen LogP contribution < -0.4 is 10.6 Å². The van der Waals surface area contributed by atoms with Gasteiger partial charge in [-0.1, -0.05) is 6.92 Å². The van der Waals surface area contributed by atoms with E-state index in [9.17, 15) is 26.8 Å². The van der Waals surface area contributed by atoms with Gasteiger partial charge in [0.2, 0.25) is 15.7 Å². The fourth-order valence-corrected chi connectivity index (χ4v) is 2.37. The first kappa shape index (κ1) is 19.0. The van der Waals surface area contributed by atoms with Gasteiger partial charge in [0.1, 0.15) is 6.04 Å². The highest BCUT2D eigenvalue weighted by Gasteiger charge is 2.26. The fraction of sp³-hybridized carbons (Fsp3) is 0.429. The minimum absolute atomic E-state index is 0.0633. The molecule has 0 aliphatic heterocycles. The number of sulfone groups is 1. The second-order valence-corrected chi connectivity index (χ2v) is 6.73. The molecule has 1 rings (SSSR count). The lowest BCUT2D eigenvalue weighted by Gasteiger charge is -2.14. The average Bonchev–Trinajstić information content (AvgIpc) is 2.52. The van der Waals surface area contributed by atoms with Crippen molar-refractivity contribution in [1.29, 1.82) is 0 Å². The molecule has 0 aliphatic rings. The first-order chi connectivity index (χ1) is 10.7. The van der Waals surface area contributed by atoms with Crippen molar-refractivity contribution in [2.24, 2.45) is 0 Å². The summed E-state index contributed by atoms with van der Waals surface area (Å²) in [5.74, 6) is -4.48. The van der Waals surface area contributed by atoms with Gasteiger partial charge in [-0.05, 0) is 37.6 Å². The van der Waals surface area contributed by atoms with Crippen LogP contribution in [0.2, 0.25) is 0 Å². The van der Waals surface area contributed by atoms with Gasteiger partial charge in [0.25, 0.3) is 5.91 Å². The molecule has 6 nitrogen and oxygen atoms in total. The molecule has 23 heavy (non-hydrogen) atoms. The van der Waals surface area contributed by atoms with E-state index in [-0.39, 0.29) is 11.5 Å². The lowest BCUT2D eigenvalue weighted by atomic mass is 10.2. The number of carbonyl (C=O) groups is 2. The number of nitrogens with one attached hydrogen (secondary N) is 2. The molecule has 2 N–H and O–H groups in total. The van der Waals surface area contributed by atoms with E-state index < -0.39 is 32.4 Å². The van der Waals surface area contributed by atoms with Crippen LogP contribution in [0.25, 0.3) is 0 Å². The van der Waals surface area contributed by atoms with Crippen molar-refractivity contribution in [3.05, 3.63) is 29.8 Å². The predicted molar refractivity (Wildman–Crippen MR) is 79.9 cm³/mol. The van der Waals surface area contributed by atoms with E-state index in [0.29, 0.717) is 6.54 Å². The van der Waals surface area contributed by atoms with Crippen molar-refractivity contribution in [2.75, 3.05) is 6.54 Å². The molecule has 0 spiro atoms. The van der Waals surface area contributed by atoms with E-state index in [1.165, 1.54) is 6.92 Å². The van der Waals surface area contributed by atoms with Crippen LogP contribution in [0, 0.1) is 0 Å². The fourth-order valence-electron chi connectivity index (χ4n) is 1.65. The Hall–Kier alpha value is -2.03. The van der Waals surface area contributed by atoms with Crippen LogP contribution in [0.15, 0.2) is 29.2 Å². The summed E-state index contributed by atoms with van der Waals surface area (Å²) in [5.41, 5.74) is 0.0633. The molecule has 128 valence electrons. The van der Waals surface area contributed by atoms with Gasteiger partial charge < -0.3 is 10.6 Å². The number of benzene rings is 1. The third-order valence-corrected chi connectivity index (χ3v) is 4.37. The van der Waals surface area contributed by atoms with Gasteiger partial charge in [0.05, 0.1) is 4.90 Å². The smallest absolute Gasteiger partial charge is 0.341 e. The Balaban J connectivity index is 2.77. The van der Waals surface area contributed by atoms with Crippen molar-refractivity contribution >= 4 is 21.7 Å². The Bertz CT molecular complexity index is 660. The summed E-state index contributed by atoms with van der Waals surface area (Å²) in [7, 11) is -4.70. The molecule has 9 heteroatoms. The largest absolute Gasteiger partial charge is 0.354 e. The van der Waals surface area contributed by atoms with Crippen LogP contribution in [0.4, 0.5) is 8.78 Å². The molecule has 1 atom stereocenters. The predicted octanol–water partition coefficient (Wildman–Crippen LogP) is 1.33. The number of hydrogen-bond acceptors (Lipinski definition) is 4.